The molecule has 2 saturated heterocycles. The van der Waals surface area contributed by atoms with E-state index in [9.17, 15) is 4.79 Å². The summed E-state index contributed by atoms with van der Waals surface area (Å²) in [6.45, 7) is 9.28. The lowest BCUT2D eigenvalue weighted by molar-refractivity contribution is 0.102. The fraction of sp³-hybridized carbons (Fsp3) is 0.244. The van der Waals surface area contributed by atoms with Gasteiger partial charge in [0.1, 0.15) is 0 Å². The molecule has 1 amide bonds. The molecule has 53 heavy (non-hydrogen) atoms. The third-order valence-electron chi connectivity index (χ3n) is 9.40. The Balaban J connectivity index is 0.000000192. The molecule has 2 aliphatic rings. The number of nitrogen functional groups attached to an aromatic ring is 1. The van der Waals surface area contributed by atoms with Gasteiger partial charge < -0.3 is 20.9 Å². The Hall–Kier alpha value is -3.66. The van der Waals surface area contributed by atoms with Crippen LogP contribution in [0.15, 0.2) is 109 Å². The molecule has 0 atom stereocenters. The van der Waals surface area contributed by atoms with Gasteiger partial charge in [-0.05, 0) is 83.9 Å². The average molecular weight is 811 g/mol. The van der Waals surface area contributed by atoms with Crippen LogP contribution in [0.5, 0.6) is 0 Å². The van der Waals surface area contributed by atoms with E-state index in [-0.39, 0.29) is 5.91 Å². The van der Waals surface area contributed by atoms with Gasteiger partial charge in [-0.2, -0.15) is 0 Å². The average Bonchev–Trinajstić information content (AvgIpc) is 3.16. The van der Waals surface area contributed by atoms with Crippen LogP contribution in [0.3, 0.4) is 0 Å². The normalized spacial score (nSPS) is 15.1. The first-order valence-corrected chi connectivity index (χ1v) is 19.3. The summed E-state index contributed by atoms with van der Waals surface area (Å²) >= 11 is 30.1. The summed E-state index contributed by atoms with van der Waals surface area (Å²) in [5.74, 6) is -0.151. The van der Waals surface area contributed by atoms with Crippen LogP contribution in [0, 0.1) is 0 Å². The quantitative estimate of drug-likeness (QED) is 0.152. The summed E-state index contributed by atoms with van der Waals surface area (Å²) in [5.41, 5.74) is 12.8. The van der Waals surface area contributed by atoms with Crippen LogP contribution in [-0.4, -0.2) is 68.1 Å². The Labute approximate surface area is 336 Å². The van der Waals surface area contributed by atoms with Crippen molar-refractivity contribution in [3.8, 4) is 0 Å². The van der Waals surface area contributed by atoms with Crippen molar-refractivity contribution in [3.05, 3.63) is 151 Å². The van der Waals surface area contributed by atoms with E-state index in [1.54, 1.807) is 24.3 Å². The van der Waals surface area contributed by atoms with E-state index in [4.69, 9.17) is 63.7 Å². The smallest absolute Gasteiger partial charge is 0.255 e. The number of piperazine rings is 2. The van der Waals surface area contributed by atoms with E-state index >= 15 is 0 Å². The highest BCUT2D eigenvalue weighted by Crippen LogP contribution is 2.29. The van der Waals surface area contributed by atoms with Crippen LogP contribution in [0.25, 0.3) is 0 Å². The van der Waals surface area contributed by atoms with Crippen molar-refractivity contribution in [3.63, 3.8) is 0 Å². The van der Waals surface area contributed by atoms with Gasteiger partial charge in [0, 0.05) is 76.0 Å². The van der Waals surface area contributed by atoms with E-state index in [1.165, 1.54) is 5.56 Å². The molecule has 5 aromatic rings. The maximum Gasteiger partial charge on any atom is 0.255 e. The number of carbonyl (C=O) groups excluding carboxylic acids is 1. The topological polar surface area (TPSA) is 68.1 Å². The second kappa shape index (κ2) is 18.6. The number of hydrogen-bond donors (Lipinski definition) is 2. The number of carbonyl (C=O) groups is 1. The molecule has 0 saturated carbocycles. The largest absolute Gasteiger partial charge is 0.397 e. The third kappa shape index (κ3) is 10.7. The molecule has 2 aliphatic heterocycles. The summed E-state index contributed by atoms with van der Waals surface area (Å²) in [6.07, 6.45) is 0. The number of halogens is 5. The molecule has 7 nitrogen and oxygen atoms in total. The van der Waals surface area contributed by atoms with E-state index in [2.05, 4.69) is 31.0 Å². The van der Waals surface area contributed by atoms with Gasteiger partial charge in [0.2, 0.25) is 0 Å². The first kappa shape index (κ1) is 39.0. The van der Waals surface area contributed by atoms with Crippen molar-refractivity contribution >= 4 is 86.7 Å². The minimum atomic E-state index is -0.151. The highest BCUT2D eigenvalue weighted by molar-refractivity contribution is 6.42. The van der Waals surface area contributed by atoms with E-state index in [1.807, 2.05) is 78.9 Å². The predicted molar refractivity (Wildman–Crippen MR) is 225 cm³/mol. The van der Waals surface area contributed by atoms with Gasteiger partial charge in [0.05, 0.1) is 42.8 Å². The molecule has 3 N–H and O–H groups in total. The minimum absolute atomic E-state index is 0.151. The van der Waals surface area contributed by atoms with E-state index < -0.39 is 0 Å². The van der Waals surface area contributed by atoms with Gasteiger partial charge in [0.25, 0.3) is 5.91 Å². The maximum absolute atomic E-state index is 12.7. The minimum Gasteiger partial charge on any atom is -0.397 e. The second-order valence-corrected chi connectivity index (χ2v) is 15.1. The number of anilines is 4. The number of rotatable bonds is 8. The zero-order chi connectivity index (χ0) is 37.3. The van der Waals surface area contributed by atoms with Crippen molar-refractivity contribution in [2.75, 3.05) is 73.2 Å². The summed E-state index contributed by atoms with van der Waals surface area (Å²) in [7, 11) is 0. The molecule has 0 aromatic heterocycles. The van der Waals surface area contributed by atoms with Gasteiger partial charge in [0.15, 0.2) is 0 Å². The molecule has 0 radical (unpaired) electrons. The molecule has 5 aromatic carbocycles. The zero-order valence-corrected chi connectivity index (χ0v) is 32.9. The van der Waals surface area contributed by atoms with Crippen LogP contribution in [0.2, 0.25) is 25.1 Å². The highest BCUT2D eigenvalue weighted by atomic mass is 35.5. The Morgan fingerprint density at radius 3 is 1.53 bits per heavy atom. The molecule has 7 rings (SSSR count). The Morgan fingerprint density at radius 2 is 1.02 bits per heavy atom. The van der Waals surface area contributed by atoms with Gasteiger partial charge in [-0.25, -0.2) is 0 Å². The summed E-state index contributed by atoms with van der Waals surface area (Å²) in [5, 5.41) is 6.04. The molecule has 0 bridgehead atoms. The van der Waals surface area contributed by atoms with Crippen molar-refractivity contribution in [2.45, 2.75) is 13.1 Å². The monoisotopic (exact) mass is 808 g/mol. The standard InChI is InChI=1S/C24H22Cl3N3O.C17H19Cl2N3/c25-19-8-6-18(7-9-19)24(31)28-22-3-1-2-4-23(22)30-13-11-29(12-14-30)16-17-5-10-20(26)21(27)15-17;18-14-6-5-13(11-15(14)19)12-21-7-9-22(10-8-21)17-4-2-1-3-16(17)20/h1-10,15H,11-14,16H2,(H,28,31);1-6,11H,7-10,12,20H2. The first-order chi connectivity index (χ1) is 25.6. The maximum atomic E-state index is 12.7. The van der Waals surface area contributed by atoms with Crippen molar-refractivity contribution in [1.82, 2.24) is 9.80 Å². The number of benzene rings is 5. The number of nitrogens with one attached hydrogen (secondary N) is 1. The summed E-state index contributed by atoms with van der Waals surface area (Å²) < 4.78 is 0. The molecule has 12 heteroatoms. The molecule has 2 fully saturated rings. The highest BCUT2D eigenvalue weighted by Gasteiger charge is 2.21. The Kier molecular flexibility index (Phi) is 13.7. The third-order valence-corrected chi connectivity index (χ3v) is 11.1. The van der Waals surface area contributed by atoms with Crippen LogP contribution in [0.1, 0.15) is 21.5 Å². The molecular weight excluding hydrogens is 770 g/mol. The lowest BCUT2D eigenvalue weighted by Gasteiger charge is -2.37. The SMILES string of the molecule is Nc1ccccc1N1CCN(Cc2ccc(Cl)c(Cl)c2)CC1.O=C(Nc1ccccc1N1CCN(Cc2ccc(Cl)c(Cl)c2)CC1)c1ccc(Cl)cc1. The number of para-hydroxylation sites is 4. The first-order valence-electron chi connectivity index (χ1n) is 17.5. The fourth-order valence-corrected chi connectivity index (χ4v) is 7.28. The van der Waals surface area contributed by atoms with Crippen LogP contribution in [-0.2, 0) is 13.1 Å². The molecule has 0 spiro atoms. The van der Waals surface area contributed by atoms with Crippen LogP contribution >= 0.6 is 58.0 Å². The molecule has 0 aliphatic carbocycles. The van der Waals surface area contributed by atoms with Gasteiger partial charge >= 0.3 is 0 Å². The number of nitrogens with two attached hydrogens (primary N) is 1. The van der Waals surface area contributed by atoms with Crippen molar-refractivity contribution < 1.29 is 4.79 Å². The number of hydrogen-bond acceptors (Lipinski definition) is 6. The Morgan fingerprint density at radius 1 is 0.547 bits per heavy atom. The van der Waals surface area contributed by atoms with Gasteiger partial charge in [-0.3, -0.25) is 14.6 Å². The van der Waals surface area contributed by atoms with Crippen LogP contribution in [0.4, 0.5) is 22.7 Å². The van der Waals surface area contributed by atoms with Gasteiger partial charge in [-0.1, -0.05) is 94.4 Å². The second-order valence-electron chi connectivity index (χ2n) is 13.1. The summed E-state index contributed by atoms with van der Waals surface area (Å²) in [6, 6.07) is 34.5. The van der Waals surface area contributed by atoms with Gasteiger partial charge in [-0.15, -0.1) is 0 Å². The molecule has 2 heterocycles. The van der Waals surface area contributed by atoms with Crippen LogP contribution < -0.4 is 20.9 Å². The van der Waals surface area contributed by atoms with Crippen molar-refractivity contribution in [2.24, 2.45) is 0 Å². The number of nitrogens with zero attached hydrogens (tertiary/aromatic N) is 4. The zero-order valence-electron chi connectivity index (χ0n) is 29.1. The van der Waals surface area contributed by atoms with E-state index in [0.29, 0.717) is 30.7 Å². The molecular formula is C41H41Cl5N6O. The summed E-state index contributed by atoms with van der Waals surface area (Å²) in [4.78, 5) is 22.1. The number of amides is 1. The van der Waals surface area contributed by atoms with Crippen molar-refractivity contribution in [1.29, 1.82) is 0 Å². The predicted octanol–water partition coefficient (Wildman–Crippen LogP) is 10.1. The molecule has 276 valence electrons. The lowest BCUT2D eigenvalue weighted by Crippen LogP contribution is -2.46. The fourth-order valence-electron chi connectivity index (χ4n) is 6.51. The molecule has 0 unspecified atom stereocenters. The van der Waals surface area contributed by atoms with E-state index in [0.717, 1.165) is 93.8 Å². The Bertz CT molecular complexity index is 2000. The lowest BCUT2D eigenvalue weighted by atomic mass is 10.1.